The van der Waals surface area contributed by atoms with Gasteiger partial charge in [-0.3, -0.25) is 4.79 Å². The van der Waals surface area contributed by atoms with Gasteiger partial charge in [0.2, 0.25) is 5.91 Å². The van der Waals surface area contributed by atoms with Crippen LogP contribution in [0, 0.1) is 26.7 Å². The van der Waals surface area contributed by atoms with Crippen molar-refractivity contribution in [3.8, 4) is 0 Å². The Morgan fingerprint density at radius 3 is 2.78 bits per heavy atom. The number of nitrogens with zero attached hydrogens (tertiary/aromatic N) is 3. The number of thiophene rings is 1. The maximum Gasteiger partial charge on any atom is 0.236 e. The van der Waals surface area contributed by atoms with E-state index in [4.69, 9.17) is 0 Å². The highest BCUT2D eigenvalue weighted by Gasteiger charge is 2.24. The van der Waals surface area contributed by atoms with Crippen LogP contribution in [-0.2, 0) is 17.6 Å². The van der Waals surface area contributed by atoms with E-state index in [1.165, 1.54) is 45.3 Å². The number of hydrogen-bond acceptors (Lipinski definition) is 7. The Labute approximate surface area is 171 Å². The largest absolute Gasteiger partial charge is 0.301 e. The van der Waals surface area contributed by atoms with Crippen LogP contribution in [0.4, 0.5) is 5.13 Å². The number of fused-ring (bicyclic) bond motifs is 3. The van der Waals surface area contributed by atoms with Gasteiger partial charge < -0.3 is 5.32 Å². The first-order valence-electron chi connectivity index (χ1n) is 9.06. The molecular weight excluding hydrogens is 396 g/mol. The number of thioether (sulfide) groups is 1. The number of hydrogen-bond donors (Lipinski definition) is 1. The standard InChI is InChI=1S/C19H22N4OS3/c1-9-5-6-13-14(7-9)27-18-16(13)17(21-12(4)22-18)25-8-15(24)23-19-20-10(2)11(3)26-19/h9H,5-8H2,1-4H3,(H,20,23,24)/t9-/m0/s1. The lowest BCUT2D eigenvalue weighted by molar-refractivity contribution is -0.113. The lowest BCUT2D eigenvalue weighted by Crippen LogP contribution is -2.14. The molecule has 1 N–H and O–H groups in total. The van der Waals surface area contributed by atoms with Gasteiger partial charge in [-0.2, -0.15) is 0 Å². The van der Waals surface area contributed by atoms with Crippen molar-refractivity contribution in [2.75, 3.05) is 11.1 Å². The number of carbonyl (C=O) groups is 1. The minimum Gasteiger partial charge on any atom is -0.301 e. The number of aromatic nitrogens is 3. The van der Waals surface area contributed by atoms with Gasteiger partial charge in [0.1, 0.15) is 15.7 Å². The number of aryl methyl sites for hydroxylation is 4. The van der Waals surface area contributed by atoms with Crippen LogP contribution in [0.1, 0.15) is 40.2 Å². The molecule has 27 heavy (non-hydrogen) atoms. The monoisotopic (exact) mass is 418 g/mol. The third-order valence-electron chi connectivity index (χ3n) is 4.85. The predicted molar refractivity (Wildman–Crippen MR) is 114 cm³/mol. The molecule has 1 aliphatic rings. The molecule has 0 aliphatic heterocycles. The molecule has 8 heteroatoms. The van der Waals surface area contributed by atoms with Crippen molar-refractivity contribution in [3.63, 3.8) is 0 Å². The van der Waals surface area contributed by atoms with Crippen LogP contribution in [0.2, 0.25) is 0 Å². The molecule has 142 valence electrons. The van der Waals surface area contributed by atoms with Gasteiger partial charge in [0.25, 0.3) is 0 Å². The van der Waals surface area contributed by atoms with Crippen molar-refractivity contribution in [2.24, 2.45) is 5.92 Å². The topological polar surface area (TPSA) is 67.8 Å². The summed E-state index contributed by atoms with van der Waals surface area (Å²) in [7, 11) is 0. The van der Waals surface area contributed by atoms with Crippen molar-refractivity contribution in [2.45, 2.75) is 52.0 Å². The molecule has 3 aromatic heterocycles. The summed E-state index contributed by atoms with van der Waals surface area (Å²) >= 11 is 4.81. The van der Waals surface area contributed by atoms with Crippen LogP contribution < -0.4 is 5.32 Å². The molecule has 3 aromatic rings. The zero-order chi connectivity index (χ0) is 19.1. The average Bonchev–Trinajstić information content (AvgIpc) is 3.11. The fourth-order valence-corrected chi connectivity index (χ4v) is 6.55. The lowest BCUT2D eigenvalue weighted by atomic mass is 9.89. The average molecular weight is 419 g/mol. The SMILES string of the molecule is Cc1nc(SCC(=O)Nc2nc(C)c(C)s2)c2c3c(sc2n1)C[C@@H](C)CC3. The first-order valence-corrected chi connectivity index (χ1v) is 11.7. The fourth-order valence-electron chi connectivity index (χ4n) is 3.33. The molecule has 1 aliphatic carbocycles. The molecule has 3 heterocycles. The predicted octanol–water partition coefficient (Wildman–Crippen LogP) is 4.93. The molecule has 4 rings (SSSR count). The lowest BCUT2D eigenvalue weighted by Gasteiger charge is -2.18. The van der Waals surface area contributed by atoms with E-state index < -0.39 is 0 Å². The summed E-state index contributed by atoms with van der Waals surface area (Å²) in [6.07, 6.45) is 3.42. The van der Waals surface area contributed by atoms with Crippen LogP contribution >= 0.6 is 34.4 Å². The molecule has 0 saturated carbocycles. The second kappa shape index (κ2) is 7.48. The maximum absolute atomic E-state index is 12.4. The van der Waals surface area contributed by atoms with Gasteiger partial charge in [-0.25, -0.2) is 15.0 Å². The second-order valence-corrected chi connectivity index (χ2v) is 10.4. The Kier molecular flexibility index (Phi) is 5.22. The summed E-state index contributed by atoms with van der Waals surface area (Å²) in [5.41, 5.74) is 2.37. The fraction of sp³-hybridized carbons (Fsp3) is 0.474. The van der Waals surface area contributed by atoms with Crippen LogP contribution in [0.3, 0.4) is 0 Å². The summed E-state index contributed by atoms with van der Waals surface area (Å²) in [6.45, 7) is 8.20. The van der Waals surface area contributed by atoms with E-state index in [2.05, 4.69) is 27.2 Å². The number of amides is 1. The van der Waals surface area contributed by atoms with Gasteiger partial charge in [-0.1, -0.05) is 18.7 Å². The third kappa shape index (κ3) is 3.88. The third-order valence-corrected chi connectivity index (χ3v) is 7.96. The van der Waals surface area contributed by atoms with Crippen molar-refractivity contribution in [1.82, 2.24) is 15.0 Å². The Morgan fingerprint density at radius 2 is 2.04 bits per heavy atom. The highest BCUT2D eigenvalue weighted by atomic mass is 32.2. The number of rotatable bonds is 4. The van der Waals surface area contributed by atoms with E-state index in [1.807, 2.05) is 20.8 Å². The van der Waals surface area contributed by atoms with Crippen molar-refractivity contribution in [1.29, 1.82) is 0 Å². The highest BCUT2D eigenvalue weighted by Crippen LogP contribution is 2.40. The van der Waals surface area contributed by atoms with Crippen LogP contribution in [0.5, 0.6) is 0 Å². The van der Waals surface area contributed by atoms with Gasteiger partial charge in [0, 0.05) is 15.1 Å². The molecular formula is C19H22N4OS3. The molecule has 0 spiro atoms. The normalized spacial score (nSPS) is 16.5. The Balaban J connectivity index is 1.55. The Bertz CT molecular complexity index is 1000. The van der Waals surface area contributed by atoms with Crippen molar-refractivity contribution < 1.29 is 4.79 Å². The quantitative estimate of drug-likeness (QED) is 0.481. The molecule has 0 fully saturated rings. The van der Waals surface area contributed by atoms with Gasteiger partial charge in [-0.15, -0.1) is 22.7 Å². The van der Waals surface area contributed by atoms with E-state index in [0.29, 0.717) is 10.9 Å². The van der Waals surface area contributed by atoms with E-state index >= 15 is 0 Å². The highest BCUT2D eigenvalue weighted by molar-refractivity contribution is 8.00. The summed E-state index contributed by atoms with van der Waals surface area (Å²) in [5.74, 6) is 1.77. The number of anilines is 1. The molecule has 0 aromatic carbocycles. The molecule has 0 saturated heterocycles. The van der Waals surface area contributed by atoms with Crippen LogP contribution in [0.25, 0.3) is 10.2 Å². The molecule has 1 atom stereocenters. The maximum atomic E-state index is 12.4. The van der Waals surface area contributed by atoms with Gasteiger partial charge >= 0.3 is 0 Å². The summed E-state index contributed by atoms with van der Waals surface area (Å²) in [4.78, 5) is 29.7. The summed E-state index contributed by atoms with van der Waals surface area (Å²) in [5, 5.41) is 5.68. The second-order valence-electron chi connectivity index (χ2n) is 7.11. The first-order chi connectivity index (χ1) is 12.9. The van der Waals surface area contributed by atoms with Gasteiger partial charge in [0.05, 0.1) is 11.4 Å². The number of nitrogens with one attached hydrogen (secondary N) is 1. The zero-order valence-electron chi connectivity index (χ0n) is 15.9. The smallest absolute Gasteiger partial charge is 0.236 e. The molecule has 5 nitrogen and oxygen atoms in total. The van der Waals surface area contributed by atoms with E-state index in [0.717, 1.165) is 45.0 Å². The summed E-state index contributed by atoms with van der Waals surface area (Å²) < 4.78 is 0. The Morgan fingerprint density at radius 1 is 1.22 bits per heavy atom. The van der Waals surface area contributed by atoms with Gasteiger partial charge in [-0.05, 0) is 51.5 Å². The van der Waals surface area contributed by atoms with E-state index in [9.17, 15) is 4.79 Å². The van der Waals surface area contributed by atoms with Gasteiger partial charge in [0.15, 0.2) is 5.13 Å². The number of thiazole rings is 1. The first kappa shape index (κ1) is 18.8. The molecule has 0 bridgehead atoms. The van der Waals surface area contributed by atoms with E-state index in [-0.39, 0.29) is 5.91 Å². The molecule has 1 amide bonds. The number of carbonyl (C=O) groups excluding carboxylic acids is 1. The molecule has 0 radical (unpaired) electrons. The summed E-state index contributed by atoms with van der Waals surface area (Å²) in [6, 6.07) is 0. The van der Waals surface area contributed by atoms with Crippen LogP contribution in [0.15, 0.2) is 5.03 Å². The van der Waals surface area contributed by atoms with Crippen molar-refractivity contribution in [3.05, 3.63) is 26.8 Å². The minimum atomic E-state index is -0.0455. The zero-order valence-corrected chi connectivity index (χ0v) is 18.3. The van der Waals surface area contributed by atoms with Crippen molar-refractivity contribution >= 4 is 55.7 Å². The van der Waals surface area contributed by atoms with Crippen LogP contribution in [-0.4, -0.2) is 26.6 Å². The Hall–Kier alpha value is -1.51. The van der Waals surface area contributed by atoms with E-state index in [1.54, 1.807) is 11.3 Å². The molecule has 0 unspecified atom stereocenters. The minimum absolute atomic E-state index is 0.0455.